The van der Waals surface area contributed by atoms with E-state index in [-0.39, 0.29) is 5.91 Å². The molecule has 0 saturated heterocycles. The van der Waals surface area contributed by atoms with Crippen molar-refractivity contribution >= 4 is 44.9 Å². The summed E-state index contributed by atoms with van der Waals surface area (Å²) in [6, 6.07) is 2.59. The summed E-state index contributed by atoms with van der Waals surface area (Å²) in [5.74, 6) is 1.28. The van der Waals surface area contributed by atoms with Gasteiger partial charge < -0.3 is 4.90 Å². The van der Waals surface area contributed by atoms with Crippen LogP contribution in [0.2, 0.25) is 0 Å². The maximum atomic E-state index is 12.4. The zero-order valence-electron chi connectivity index (χ0n) is 8.74. The molecule has 1 fully saturated rings. The molecule has 0 aromatic carbocycles. The number of nitrogens with zero attached hydrogens (tertiary/aromatic N) is 1. The Morgan fingerprint density at radius 1 is 1.44 bits per heavy atom. The minimum Gasteiger partial charge on any atom is -0.334 e. The highest BCUT2D eigenvalue weighted by atomic mass is 79.9. The monoisotopic (exact) mass is 317 g/mol. The lowest BCUT2D eigenvalue weighted by Crippen LogP contribution is -2.44. The van der Waals surface area contributed by atoms with E-state index >= 15 is 0 Å². The van der Waals surface area contributed by atoms with Gasteiger partial charge in [-0.05, 0) is 41.3 Å². The number of rotatable bonds is 1. The summed E-state index contributed by atoms with van der Waals surface area (Å²) in [5.41, 5.74) is 0. The molecule has 1 amide bonds. The molecule has 1 saturated carbocycles. The maximum absolute atomic E-state index is 12.4. The molecular weight excluding hydrogens is 306 g/mol. The number of thiophene rings is 1. The second kappa shape index (κ2) is 4.35. The minimum absolute atomic E-state index is 0.250. The predicted molar refractivity (Wildman–Crippen MR) is 71.4 cm³/mol. The zero-order valence-corrected chi connectivity index (χ0v) is 12.0. The lowest BCUT2D eigenvalue weighted by Gasteiger charge is -2.36. The first-order valence-electron chi connectivity index (χ1n) is 5.49. The molecule has 3 rings (SSSR count). The second-order valence-electron chi connectivity index (χ2n) is 4.18. The Kier molecular flexibility index (Phi) is 3.02. The highest BCUT2D eigenvalue weighted by Gasteiger charge is 2.33. The summed E-state index contributed by atoms with van der Waals surface area (Å²) in [5, 5.41) is 0. The molecule has 86 valence electrons. The molecule has 0 spiro atoms. The van der Waals surface area contributed by atoms with Crippen LogP contribution >= 0.6 is 39.0 Å². The fraction of sp³-hybridized carbons (Fsp3) is 0.545. The summed E-state index contributed by atoms with van der Waals surface area (Å²) in [4.78, 5) is 16.6. The molecule has 2 aliphatic rings. The molecule has 2 nitrogen and oxygen atoms in total. The van der Waals surface area contributed by atoms with Gasteiger partial charge in [-0.15, -0.1) is 23.1 Å². The van der Waals surface area contributed by atoms with Gasteiger partial charge >= 0.3 is 0 Å². The minimum atomic E-state index is 0.250. The molecule has 0 N–H and O–H groups in total. The quantitative estimate of drug-likeness (QED) is 0.788. The summed E-state index contributed by atoms with van der Waals surface area (Å²) in [6.07, 6.45) is 3.67. The molecule has 2 heterocycles. The van der Waals surface area contributed by atoms with Crippen molar-refractivity contribution in [2.75, 3.05) is 12.3 Å². The molecule has 0 atom stereocenters. The molecule has 16 heavy (non-hydrogen) atoms. The normalized spacial score (nSPS) is 21.6. The highest BCUT2D eigenvalue weighted by molar-refractivity contribution is 9.11. The van der Waals surface area contributed by atoms with E-state index in [0.29, 0.717) is 6.04 Å². The first-order chi connectivity index (χ1) is 7.75. The lowest BCUT2D eigenvalue weighted by molar-refractivity contribution is 0.0604. The van der Waals surface area contributed by atoms with Crippen LogP contribution in [0, 0.1) is 0 Å². The van der Waals surface area contributed by atoms with Gasteiger partial charge in [-0.1, -0.05) is 0 Å². The van der Waals surface area contributed by atoms with Crippen molar-refractivity contribution in [2.24, 2.45) is 0 Å². The first kappa shape index (κ1) is 11.1. The van der Waals surface area contributed by atoms with Gasteiger partial charge in [0, 0.05) is 23.2 Å². The fourth-order valence-electron chi connectivity index (χ4n) is 2.13. The van der Waals surface area contributed by atoms with Crippen molar-refractivity contribution in [2.45, 2.75) is 30.2 Å². The average Bonchev–Trinajstić information content (AvgIpc) is 2.48. The largest absolute Gasteiger partial charge is 0.334 e. The van der Waals surface area contributed by atoms with Gasteiger partial charge in [0.05, 0.1) is 3.79 Å². The molecule has 1 aliphatic heterocycles. The van der Waals surface area contributed by atoms with Gasteiger partial charge in [-0.25, -0.2) is 0 Å². The van der Waals surface area contributed by atoms with Crippen molar-refractivity contribution in [3.63, 3.8) is 0 Å². The standard InChI is InChI=1S/C11H12BrNOS2/c12-9-6-8-10(16-9)11(14)13(4-5-15-8)7-2-1-3-7/h6-7H,1-5H2. The van der Waals surface area contributed by atoms with Crippen LogP contribution in [0.25, 0.3) is 0 Å². The van der Waals surface area contributed by atoms with Crippen LogP contribution in [0.4, 0.5) is 0 Å². The first-order valence-corrected chi connectivity index (χ1v) is 8.08. The van der Waals surface area contributed by atoms with Gasteiger partial charge in [0.25, 0.3) is 5.91 Å². The van der Waals surface area contributed by atoms with Gasteiger partial charge in [0.1, 0.15) is 4.88 Å². The number of amides is 1. The number of carbonyl (C=O) groups is 1. The van der Waals surface area contributed by atoms with Crippen molar-refractivity contribution in [3.05, 3.63) is 14.7 Å². The Morgan fingerprint density at radius 3 is 2.94 bits per heavy atom. The van der Waals surface area contributed by atoms with Crippen LogP contribution in [0.3, 0.4) is 0 Å². The lowest BCUT2D eigenvalue weighted by atomic mass is 9.91. The number of thioether (sulfide) groups is 1. The topological polar surface area (TPSA) is 20.3 Å². The van der Waals surface area contributed by atoms with E-state index in [1.54, 1.807) is 11.3 Å². The Balaban J connectivity index is 1.92. The van der Waals surface area contributed by atoms with Gasteiger partial charge in [0.15, 0.2) is 0 Å². The van der Waals surface area contributed by atoms with Crippen LogP contribution in [0.15, 0.2) is 14.7 Å². The van der Waals surface area contributed by atoms with Gasteiger partial charge in [-0.2, -0.15) is 0 Å². The van der Waals surface area contributed by atoms with E-state index < -0.39 is 0 Å². The third-order valence-corrected chi connectivity index (χ3v) is 6.00. The Morgan fingerprint density at radius 2 is 2.25 bits per heavy atom. The molecule has 0 radical (unpaired) electrons. The van der Waals surface area contributed by atoms with E-state index in [4.69, 9.17) is 0 Å². The van der Waals surface area contributed by atoms with Crippen LogP contribution in [0.5, 0.6) is 0 Å². The molecule has 0 unspecified atom stereocenters. The van der Waals surface area contributed by atoms with Gasteiger partial charge in [-0.3, -0.25) is 4.79 Å². The summed E-state index contributed by atoms with van der Waals surface area (Å²) < 4.78 is 1.06. The zero-order chi connectivity index (χ0) is 11.1. The van der Waals surface area contributed by atoms with Crippen LogP contribution < -0.4 is 0 Å². The third-order valence-electron chi connectivity index (χ3n) is 3.23. The van der Waals surface area contributed by atoms with E-state index in [0.717, 1.165) is 25.9 Å². The van der Waals surface area contributed by atoms with E-state index in [1.807, 2.05) is 11.8 Å². The van der Waals surface area contributed by atoms with E-state index in [2.05, 4.69) is 26.9 Å². The number of carbonyl (C=O) groups excluding carboxylic acids is 1. The maximum Gasteiger partial charge on any atom is 0.265 e. The van der Waals surface area contributed by atoms with Crippen LogP contribution in [0.1, 0.15) is 28.9 Å². The molecule has 1 aromatic rings. The van der Waals surface area contributed by atoms with E-state index in [1.165, 1.54) is 19.3 Å². The van der Waals surface area contributed by atoms with Crippen molar-refractivity contribution in [3.8, 4) is 0 Å². The number of fused-ring (bicyclic) bond motifs is 1. The van der Waals surface area contributed by atoms with Crippen molar-refractivity contribution in [1.29, 1.82) is 0 Å². The Hall–Kier alpha value is -0.0000000000000000555. The second-order valence-corrected chi connectivity index (χ2v) is 7.74. The highest BCUT2D eigenvalue weighted by Crippen LogP contribution is 2.38. The smallest absolute Gasteiger partial charge is 0.265 e. The molecule has 5 heteroatoms. The molecule has 1 aliphatic carbocycles. The third kappa shape index (κ3) is 1.83. The molecular formula is C11H12BrNOS2. The number of halogens is 1. The number of hydrogen-bond donors (Lipinski definition) is 0. The Labute approximate surface area is 112 Å². The summed E-state index contributed by atoms with van der Waals surface area (Å²) in [6.45, 7) is 0.910. The Bertz CT molecular complexity index is 428. The van der Waals surface area contributed by atoms with E-state index in [9.17, 15) is 4.79 Å². The van der Waals surface area contributed by atoms with Crippen molar-refractivity contribution < 1.29 is 4.79 Å². The van der Waals surface area contributed by atoms with Crippen LogP contribution in [-0.2, 0) is 0 Å². The molecule has 1 aromatic heterocycles. The summed E-state index contributed by atoms with van der Waals surface area (Å²) >= 11 is 6.85. The average molecular weight is 318 g/mol. The summed E-state index contributed by atoms with van der Waals surface area (Å²) in [7, 11) is 0. The van der Waals surface area contributed by atoms with Crippen LogP contribution in [-0.4, -0.2) is 29.1 Å². The SMILES string of the molecule is O=C1c2sc(Br)cc2SCCN1C1CCC1. The fourth-order valence-corrected chi connectivity index (χ4v) is 5.04. The van der Waals surface area contributed by atoms with Gasteiger partial charge in [0.2, 0.25) is 0 Å². The molecule has 0 bridgehead atoms. The number of hydrogen-bond acceptors (Lipinski definition) is 3. The van der Waals surface area contributed by atoms with Crippen molar-refractivity contribution in [1.82, 2.24) is 4.90 Å². The predicted octanol–water partition coefficient (Wildman–Crippen LogP) is 3.61.